The van der Waals surface area contributed by atoms with E-state index >= 15 is 0 Å². The quantitative estimate of drug-likeness (QED) is 0.676. The summed E-state index contributed by atoms with van der Waals surface area (Å²) in [6, 6.07) is 12.9. The molecule has 2 aliphatic rings. The minimum atomic E-state index is 0.0780. The van der Waals surface area contributed by atoms with E-state index < -0.39 is 0 Å². The molecule has 1 aliphatic carbocycles. The zero-order valence-electron chi connectivity index (χ0n) is 17.3. The molecule has 1 saturated heterocycles. The van der Waals surface area contributed by atoms with Crippen molar-refractivity contribution in [1.29, 1.82) is 0 Å². The lowest BCUT2D eigenvalue weighted by molar-refractivity contribution is -0.136. The van der Waals surface area contributed by atoms with Gasteiger partial charge in [0.05, 0.1) is 5.69 Å². The zero-order valence-corrected chi connectivity index (χ0v) is 17.3. The van der Waals surface area contributed by atoms with Crippen LogP contribution in [-0.4, -0.2) is 46.4 Å². The number of imidazole rings is 1. The Labute approximate surface area is 172 Å². The van der Waals surface area contributed by atoms with Crippen LogP contribution in [-0.2, 0) is 17.6 Å². The van der Waals surface area contributed by atoms with E-state index in [1.54, 1.807) is 0 Å². The molecule has 5 heteroatoms. The first-order chi connectivity index (χ1) is 14.1. The van der Waals surface area contributed by atoms with E-state index in [1.807, 2.05) is 0 Å². The lowest BCUT2D eigenvalue weighted by Crippen LogP contribution is -2.51. The third-order valence-electron chi connectivity index (χ3n) is 6.44. The number of carbonyl (C=O) groups is 1. The number of pyridine rings is 1. The number of hydrogen-bond acceptors (Lipinski definition) is 3. The number of rotatable bonds is 2. The molecular formula is C24H28N4O. The summed E-state index contributed by atoms with van der Waals surface area (Å²) in [5.41, 5.74) is 7.17. The first-order valence-electron chi connectivity index (χ1n) is 10.7. The molecule has 5 nitrogen and oxygen atoms in total. The van der Waals surface area contributed by atoms with Crippen molar-refractivity contribution in [3.8, 4) is 0 Å². The Bertz CT molecular complexity index is 1060. The summed E-state index contributed by atoms with van der Waals surface area (Å²) in [6.45, 7) is 7.65. The Hall–Kier alpha value is -2.82. The van der Waals surface area contributed by atoms with E-state index in [2.05, 4.69) is 70.6 Å². The van der Waals surface area contributed by atoms with Crippen LogP contribution in [0.15, 0.2) is 42.6 Å². The number of piperazine rings is 1. The molecule has 0 N–H and O–H groups in total. The Morgan fingerprint density at radius 3 is 2.62 bits per heavy atom. The number of nitrogens with zero attached hydrogens (tertiary/aromatic N) is 4. The second-order valence-electron chi connectivity index (χ2n) is 8.53. The zero-order chi connectivity index (χ0) is 20.0. The summed E-state index contributed by atoms with van der Waals surface area (Å²) < 4.78 is 2.18. The van der Waals surface area contributed by atoms with Crippen molar-refractivity contribution in [2.75, 3.05) is 31.1 Å². The van der Waals surface area contributed by atoms with Gasteiger partial charge in [-0.2, -0.15) is 0 Å². The number of anilines is 1. The van der Waals surface area contributed by atoms with E-state index in [4.69, 9.17) is 4.98 Å². The van der Waals surface area contributed by atoms with E-state index in [0.717, 1.165) is 51.1 Å². The standard InChI is InChI=1S/C24H28N4O/c1-17-4-3-5-20(14-17)26-10-12-27(13-11-26)24(29)19-6-7-21-22(16-19)28-9-8-18(2)15-23(28)25-21/h3-5,8-9,14-15,19H,6-7,10-13,16H2,1-2H3. The molecule has 1 atom stereocenters. The van der Waals surface area contributed by atoms with Crippen molar-refractivity contribution in [3.05, 3.63) is 65.1 Å². The van der Waals surface area contributed by atoms with Crippen molar-refractivity contribution in [2.24, 2.45) is 5.92 Å². The number of benzene rings is 1. The topological polar surface area (TPSA) is 40.8 Å². The maximum Gasteiger partial charge on any atom is 0.226 e. The fraction of sp³-hybridized carbons (Fsp3) is 0.417. The number of fused-ring (bicyclic) bond motifs is 3. The minimum absolute atomic E-state index is 0.0780. The molecule has 0 spiro atoms. The normalized spacial score (nSPS) is 19.4. The Morgan fingerprint density at radius 2 is 1.83 bits per heavy atom. The largest absolute Gasteiger partial charge is 0.368 e. The molecule has 0 radical (unpaired) electrons. The van der Waals surface area contributed by atoms with Gasteiger partial charge in [0.2, 0.25) is 5.91 Å². The monoisotopic (exact) mass is 388 g/mol. The molecule has 3 heterocycles. The third-order valence-corrected chi connectivity index (χ3v) is 6.44. The summed E-state index contributed by atoms with van der Waals surface area (Å²) in [5, 5.41) is 0. The number of aromatic nitrogens is 2. The average Bonchev–Trinajstić information content (AvgIpc) is 3.10. The van der Waals surface area contributed by atoms with Crippen LogP contribution in [0.1, 0.15) is 28.9 Å². The van der Waals surface area contributed by atoms with Crippen LogP contribution in [0.3, 0.4) is 0 Å². The fourth-order valence-corrected chi connectivity index (χ4v) is 4.79. The molecule has 1 aromatic carbocycles. The highest BCUT2D eigenvalue weighted by Crippen LogP contribution is 2.28. The highest BCUT2D eigenvalue weighted by Gasteiger charge is 2.32. The number of aryl methyl sites for hydroxylation is 3. The number of hydrogen-bond donors (Lipinski definition) is 0. The van der Waals surface area contributed by atoms with Gasteiger partial charge in [0, 0.05) is 56.1 Å². The third kappa shape index (κ3) is 3.39. The molecule has 3 aromatic rings. The Morgan fingerprint density at radius 1 is 1.03 bits per heavy atom. The van der Waals surface area contributed by atoms with Gasteiger partial charge >= 0.3 is 0 Å². The smallest absolute Gasteiger partial charge is 0.226 e. The number of amides is 1. The molecule has 1 fully saturated rings. The minimum Gasteiger partial charge on any atom is -0.368 e. The maximum atomic E-state index is 13.3. The van der Waals surface area contributed by atoms with Gasteiger partial charge in [0.1, 0.15) is 5.65 Å². The van der Waals surface area contributed by atoms with E-state index in [-0.39, 0.29) is 5.92 Å². The van der Waals surface area contributed by atoms with Crippen LogP contribution >= 0.6 is 0 Å². The van der Waals surface area contributed by atoms with Gasteiger partial charge in [-0.3, -0.25) is 4.79 Å². The highest BCUT2D eigenvalue weighted by atomic mass is 16.2. The first kappa shape index (κ1) is 18.2. The van der Waals surface area contributed by atoms with Gasteiger partial charge in [-0.15, -0.1) is 0 Å². The summed E-state index contributed by atoms with van der Waals surface area (Å²) in [7, 11) is 0. The predicted octanol–water partition coefficient (Wildman–Crippen LogP) is 3.40. The molecule has 0 saturated carbocycles. The fourth-order valence-electron chi connectivity index (χ4n) is 4.79. The van der Waals surface area contributed by atoms with Crippen molar-refractivity contribution in [1.82, 2.24) is 14.3 Å². The Balaban J connectivity index is 1.27. The molecule has 1 unspecified atom stereocenters. The Kier molecular flexibility index (Phi) is 4.53. The SMILES string of the molecule is Cc1cccc(N2CCN(C(=O)C3CCc4nc5cc(C)ccn5c4C3)CC2)c1. The van der Waals surface area contributed by atoms with Crippen LogP contribution in [0.2, 0.25) is 0 Å². The molecular weight excluding hydrogens is 360 g/mol. The maximum absolute atomic E-state index is 13.3. The summed E-state index contributed by atoms with van der Waals surface area (Å²) in [6.07, 6.45) is 4.71. The van der Waals surface area contributed by atoms with Crippen molar-refractivity contribution in [3.63, 3.8) is 0 Å². The van der Waals surface area contributed by atoms with Crippen molar-refractivity contribution < 1.29 is 4.79 Å². The van der Waals surface area contributed by atoms with Gasteiger partial charge in [-0.25, -0.2) is 4.98 Å². The van der Waals surface area contributed by atoms with Crippen LogP contribution in [0, 0.1) is 19.8 Å². The summed E-state index contributed by atoms with van der Waals surface area (Å²) >= 11 is 0. The van der Waals surface area contributed by atoms with Crippen LogP contribution in [0.4, 0.5) is 5.69 Å². The molecule has 150 valence electrons. The van der Waals surface area contributed by atoms with Gasteiger partial charge in [-0.05, 0) is 62.1 Å². The summed E-state index contributed by atoms with van der Waals surface area (Å²) in [5.74, 6) is 0.399. The first-order valence-corrected chi connectivity index (χ1v) is 10.7. The predicted molar refractivity (Wildman–Crippen MR) is 115 cm³/mol. The molecule has 2 aromatic heterocycles. The second kappa shape index (κ2) is 7.21. The molecule has 1 aliphatic heterocycles. The molecule has 1 amide bonds. The van der Waals surface area contributed by atoms with Gasteiger partial charge in [0.25, 0.3) is 0 Å². The van der Waals surface area contributed by atoms with Crippen LogP contribution < -0.4 is 4.90 Å². The lowest BCUT2D eigenvalue weighted by atomic mass is 9.88. The molecule has 5 rings (SSSR count). The van der Waals surface area contributed by atoms with Gasteiger partial charge in [0.15, 0.2) is 0 Å². The van der Waals surface area contributed by atoms with Crippen LogP contribution in [0.25, 0.3) is 5.65 Å². The van der Waals surface area contributed by atoms with Gasteiger partial charge in [-0.1, -0.05) is 12.1 Å². The molecule has 29 heavy (non-hydrogen) atoms. The van der Waals surface area contributed by atoms with Gasteiger partial charge < -0.3 is 14.2 Å². The van der Waals surface area contributed by atoms with Crippen molar-refractivity contribution in [2.45, 2.75) is 33.1 Å². The van der Waals surface area contributed by atoms with E-state index in [9.17, 15) is 4.79 Å². The van der Waals surface area contributed by atoms with E-state index in [1.165, 1.54) is 28.2 Å². The summed E-state index contributed by atoms with van der Waals surface area (Å²) in [4.78, 5) is 22.5. The molecule has 0 bridgehead atoms. The lowest BCUT2D eigenvalue weighted by Gasteiger charge is -2.38. The van der Waals surface area contributed by atoms with Crippen LogP contribution in [0.5, 0.6) is 0 Å². The number of carbonyl (C=O) groups excluding carboxylic acids is 1. The highest BCUT2D eigenvalue weighted by molar-refractivity contribution is 5.80. The van der Waals surface area contributed by atoms with Crippen molar-refractivity contribution >= 4 is 17.2 Å². The van der Waals surface area contributed by atoms with E-state index in [0.29, 0.717) is 5.91 Å². The second-order valence-corrected chi connectivity index (χ2v) is 8.53. The average molecular weight is 389 g/mol.